The van der Waals surface area contributed by atoms with Crippen molar-refractivity contribution in [3.63, 3.8) is 0 Å². The SMILES string of the molecule is Nc1ccc(-c2cccs2)cc1NC(=O)c1ccc(CC(=O)N2CC[P](O)(c3ccccc3)CC2)cc1. The Morgan fingerprint density at radius 3 is 2.35 bits per heavy atom. The van der Waals surface area contributed by atoms with Crippen LogP contribution in [0, 0.1) is 0 Å². The number of thiophene rings is 1. The highest BCUT2D eigenvalue weighted by atomic mass is 32.1. The molecule has 189 valence electrons. The number of nitrogen functional groups attached to an aromatic ring is 1. The molecule has 8 heteroatoms. The van der Waals surface area contributed by atoms with E-state index in [1.54, 1.807) is 29.5 Å². The molecule has 2 heterocycles. The number of anilines is 2. The zero-order valence-corrected chi connectivity index (χ0v) is 22.1. The van der Waals surface area contributed by atoms with Crippen LogP contribution in [0.5, 0.6) is 0 Å². The summed E-state index contributed by atoms with van der Waals surface area (Å²) in [6.07, 6.45) is 1.51. The average molecular weight is 531 g/mol. The van der Waals surface area contributed by atoms with E-state index in [1.807, 2.05) is 77.0 Å². The van der Waals surface area contributed by atoms with Crippen LogP contribution >= 0.6 is 18.8 Å². The summed E-state index contributed by atoms with van der Waals surface area (Å²) in [5.74, 6) is -0.220. The molecule has 0 unspecified atom stereocenters. The van der Waals surface area contributed by atoms with Gasteiger partial charge in [0.25, 0.3) is 5.91 Å². The lowest BCUT2D eigenvalue weighted by atomic mass is 10.1. The summed E-state index contributed by atoms with van der Waals surface area (Å²) in [4.78, 5) is 39.8. The van der Waals surface area contributed by atoms with Gasteiger partial charge in [-0.15, -0.1) is 11.3 Å². The van der Waals surface area contributed by atoms with Crippen LogP contribution in [-0.4, -0.2) is 47.0 Å². The number of hydrogen-bond donors (Lipinski definition) is 3. The second-order valence-electron chi connectivity index (χ2n) is 9.19. The predicted octanol–water partition coefficient (Wildman–Crippen LogP) is 4.88. The zero-order valence-electron chi connectivity index (χ0n) is 20.3. The number of hydrogen-bond acceptors (Lipinski definition) is 5. The van der Waals surface area contributed by atoms with E-state index in [2.05, 4.69) is 5.32 Å². The van der Waals surface area contributed by atoms with Crippen molar-refractivity contribution < 1.29 is 14.5 Å². The zero-order chi connectivity index (χ0) is 25.8. The Bertz CT molecular complexity index is 1380. The summed E-state index contributed by atoms with van der Waals surface area (Å²) in [7, 11) is -2.19. The maximum atomic E-state index is 12.9. The minimum atomic E-state index is -2.19. The molecule has 0 atom stereocenters. The number of nitrogens with zero attached hydrogens (tertiary/aromatic N) is 1. The Morgan fingerprint density at radius 1 is 0.946 bits per heavy atom. The molecule has 0 spiro atoms. The van der Waals surface area contributed by atoms with Crippen LogP contribution < -0.4 is 16.4 Å². The topological polar surface area (TPSA) is 95.7 Å². The van der Waals surface area contributed by atoms with E-state index < -0.39 is 7.49 Å². The molecule has 6 nitrogen and oxygen atoms in total. The highest BCUT2D eigenvalue weighted by Gasteiger charge is 2.33. The van der Waals surface area contributed by atoms with Crippen molar-refractivity contribution in [2.24, 2.45) is 0 Å². The largest absolute Gasteiger partial charge is 0.397 e. The predicted molar refractivity (Wildman–Crippen MR) is 154 cm³/mol. The molecule has 1 aliphatic rings. The van der Waals surface area contributed by atoms with Gasteiger partial charge in [0.1, 0.15) is 0 Å². The molecule has 1 radical (unpaired) electrons. The number of carbonyl (C=O) groups is 2. The second-order valence-corrected chi connectivity index (χ2v) is 13.4. The van der Waals surface area contributed by atoms with Crippen molar-refractivity contribution in [3.05, 3.63) is 101 Å². The summed E-state index contributed by atoms with van der Waals surface area (Å²) in [5.41, 5.74) is 9.50. The second kappa shape index (κ2) is 10.9. The maximum Gasteiger partial charge on any atom is 0.255 e. The highest BCUT2D eigenvalue weighted by molar-refractivity contribution is 7.77. The lowest BCUT2D eigenvalue weighted by Gasteiger charge is -2.40. The first-order valence-corrected chi connectivity index (χ1v) is 15.2. The molecule has 2 amide bonds. The van der Waals surface area contributed by atoms with E-state index in [0.717, 1.165) is 21.3 Å². The smallest absolute Gasteiger partial charge is 0.255 e. The Labute approximate surface area is 221 Å². The van der Waals surface area contributed by atoms with Gasteiger partial charge in [-0.3, -0.25) is 9.59 Å². The van der Waals surface area contributed by atoms with Crippen LogP contribution in [-0.2, 0) is 11.2 Å². The van der Waals surface area contributed by atoms with Crippen LogP contribution in [0.15, 0.2) is 90.3 Å². The van der Waals surface area contributed by atoms with Gasteiger partial charge in [-0.2, -0.15) is 0 Å². The number of nitrogens with two attached hydrogens (primary N) is 1. The van der Waals surface area contributed by atoms with Crippen molar-refractivity contribution in [2.75, 3.05) is 36.5 Å². The van der Waals surface area contributed by atoms with Gasteiger partial charge in [-0.25, -0.2) is 0 Å². The quantitative estimate of drug-likeness (QED) is 0.245. The molecule has 0 aliphatic carbocycles. The van der Waals surface area contributed by atoms with Gasteiger partial charge in [0.2, 0.25) is 5.91 Å². The molecule has 0 saturated carbocycles. The van der Waals surface area contributed by atoms with Gasteiger partial charge >= 0.3 is 0 Å². The molecular formula is C29H29N3O3PS. The van der Waals surface area contributed by atoms with Crippen molar-refractivity contribution in [1.82, 2.24) is 4.90 Å². The van der Waals surface area contributed by atoms with Gasteiger partial charge in [0, 0.05) is 43.3 Å². The molecule has 1 aliphatic heterocycles. The van der Waals surface area contributed by atoms with E-state index in [-0.39, 0.29) is 18.2 Å². The number of rotatable bonds is 6. The normalized spacial score (nSPS) is 14.8. The number of carbonyl (C=O) groups excluding carboxylic acids is 2. The minimum Gasteiger partial charge on any atom is -0.397 e. The molecule has 1 saturated heterocycles. The summed E-state index contributed by atoms with van der Waals surface area (Å²) in [6, 6.07) is 26.5. The van der Waals surface area contributed by atoms with Gasteiger partial charge in [-0.1, -0.05) is 54.6 Å². The van der Waals surface area contributed by atoms with Crippen LogP contribution in [0.2, 0.25) is 0 Å². The van der Waals surface area contributed by atoms with Gasteiger partial charge in [-0.05, 0) is 52.1 Å². The Balaban J connectivity index is 1.18. The van der Waals surface area contributed by atoms with Crippen molar-refractivity contribution in [2.45, 2.75) is 6.42 Å². The maximum absolute atomic E-state index is 12.9. The van der Waals surface area contributed by atoms with E-state index in [1.165, 1.54) is 0 Å². The number of nitrogens with one attached hydrogen (secondary N) is 1. The molecular weight excluding hydrogens is 501 g/mol. The summed E-state index contributed by atoms with van der Waals surface area (Å²) in [5, 5.41) is 5.92. The third-order valence-electron chi connectivity index (χ3n) is 6.75. The fourth-order valence-electron chi connectivity index (χ4n) is 4.52. The summed E-state index contributed by atoms with van der Waals surface area (Å²) >= 11 is 1.63. The fraction of sp³-hybridized carbons (Fsp3) is 0.172. The summed E-state index contributed by atoms with van der Waals surface area (Å²) in [6.45, 7) is 1.12. The first kappa shape index (κ1) is 25.2. The molecule has 4 N–H and O–H groups in total. The number of benzene rings is 3. The third-order valence-corrected chi connectivity index (χ3v) is 10.8. The number of amides is 2. The molecule has 3 aromatic carbocycles. The first-order valence-electron chi connectivity index (χ1n) is 12.2. The Hall–Kier alpha value is -3.51. The average Bonchev–Trinajstić information content (AvgIpc) is 3.46. The molecule has 0 bridgehead atoms. The molecule has 5 rings (SSSR count). The van der Waals surface area contributed by atoms with E-state index in [4.69, 9.17) is 5.73 Å². The Morgan fingerprint density at radius 2 is 1.68 bits per heavy atom. The Kier molecular flexibility index (Phi) is 7.38. The van der Waals surface area contributed by atoms with Crippen LogP contribution in [0.1, 0.15) is 15.9 Å². The third kappa shape index (κ3) is 5.75. The standard InChI is InChI=1S/C29H29N3O3PS/c30-25-13-12-23(27-7-4-18-37-27)20-26(25)31-29(34)22-10-8-21(9-11-22)19-28(33)32-14-16-36(35,17-15-32)24-5-2-1-3-6-24/h1-13,18,20,35H,14-17,19,30H2,(H,31,34). The molecule has 1 aromatic heterocycles. The van der Waals surface area contributed by atoms with E-state index in [0.29, 0.717) is 42.4 Å². The molecule has 37 heavy (non-hydrogen) atoms. The van der Waals surface area contributed by atoms with E-state index >= 15 is 0 Å². The molecule has 4 aromatic rings. The lowest BCUT2D eigenvalue weighted by molar-refractivity contribution is -0.130. The first-order chi connectivity index (χ1) is 17.9. The summed E-state index contributed by atoms with van der Waals surface area (Å²) < 4.78 is 0. The minimum absolute atomic E-state index is 0.0367. The monoisotopic (exact) mass is 530 g/mol. The van der Waals surface area contributed by atoms with Crippen LogP contribution in [0.4, 0.5) is 11.4 Å². The van der Waals surface area contributed by atoms with Crippen molar-refractivity contribution in [1.29, 1.82) is 0 Å². The highest BCUT2D eigenvalue weighted by Crippen LogP contribution is 2.54. The fourth-order valence-corrected chi connectivity index (χ4v) is 7.86. The van der Waals surface area contributed by atoms with Gasteiger partial charge in [0.05, 0.1) is 17.8 Å². The van der Waals surface area contributed by atoms with Crippen LogP contribution in [0.3, 0.4) is 0 Å². The van der Waals surface area contributed by atoms with Gasteiger partial charge < -0.3 is 20.8 Å². The van der Waals surface area contributed by atoms with Gasteiger partial charge in [0.15, 0.2) is 0 Å². The van der Waals surface area contributed by atoms with E-state index in [9.17, 15) is 14.5 Å². The molecule has 1 fully saturated rings. The van der Waals surface area contributed by atoms with Crippen molar-refractivity contribution >= 4 is 47.3 Å². The van der Waals surface area contributed by atoms with Crippen LogP contribution in [0.25, 0.3) is 10.4 Å². The van der Waals surface area contributed by atoms with Crippen molar-refractivity contribution in [3.8, 4) is 10.4 Å². The lowest BCUT2D eigenvalue weighted by Crippen LogP contribution is -2.43.